The minimum absolute atomic E-state index is 0.387. The van der Waals surface area contributed by atoms with Crippen molar-refractivity contribution in [3.05, 3.63) is 90.7 Å². The molecule has 5 nitrogen and oxygen atoms in total. The van der Waals surface area contributed by atoms with Gasteiger partial charge in [-0.05, 0) is 23.3 Å². The van der Waals surface area contributed by atoms with Crippen molar-refractivity contribution in [2.24, 2.45) is 0 Å². The fraction of sp³-hybridized carbons (Fsp3) is 0.0625. The molecule has 0 aliphatic rings. The Bertz CT molecular complexity index is 942. The van der Waals surface area contributed by atoms with Gasteiger partial charge in [0.15, 0.2) is 0 Å². The fourth-order valence-electron chi connectivity index (χ4n) is 2.22. The van der Waals surface area contributed by atoms with Crippen LogP contribution in [0.4, 0.5) is 0 Å². The van der Waals surface area contributed by atoms with Crippen molar-refractivity contribution >= 4 is 23.2 Å². The molecule has 7 heteroatoms. The van der Waals surface area contributed by atoms with Crippen molar-refractivity contribution in [1.29, 1.82) is 0 Å². The highest BCUT2D eigenvalue weighted by molar-refractivity contribution is 6.36. The zero-order chi connectivity index (χ0) is 16.4. The van der Waals surface area contributed by atoms with E-state index in [0.29, 0.717) is 22.2 Å². The number of H-pyrrole nitrogens is 1. The molecule has 1 aromatic heterocycles. The maximum atomic E-state index is 11.8. The second kappa shape index (κ2) is 6.40. The summed E-state index contributed by atoms with van der Waals surface area (Å²) in [5.74, 6) is 0. The molecule has 0 bridgehead atoms. The van der Waals surface area contributed by atoms with Crippen LogP contribution in [0.5, 0.6) is 0 Å². The Morgan fingerprint density at radius 3 is 2.30 bits per heavy atom. The predicted molar refractivity (Wildman–Crippen MR) is 89.7 cm³/mol. The Balaban J connectivity index is 2.04. The highest BCUT2D eigenvalue weighted by Crippen LogP contribution is 2.29. The van der Waals surface area contributed by atoms with Crippen LogP contribution in [0.25, 0.3) is 5.69 Å². The molecule has 0 saturated carbocycles. The standard InChI is InChI=1S/C16H11Cl2N3O2/c17-13-7-11(21-16(23)20-15(22)9-19-21)8-14(18)12(13)6-10-4-2-1-3-5-10/h1-5,7-9H,6H2,(H,20,22,23). The van der Waals surface area contributed by atoms with Gasteiger partial charge in [0.2, 0.25) is 0 Å². The quantitative estimate of drug-likeness (QED) is 0.791. The number of nitrogens with one attached hydrogen (secondary N) is 1. The van der Waals surface area contributed by atoms with Gasteiger partial charge in [0.05, 0.1) is 5.69 Å². The zero-order valence-corrected chi connectivity index (χ0v) is 13.3. The third kappa shape index (κ3) is 3.36. The smallest absolute Gasteiger partial charge is 0.271 e. The lowest BCUT2D eigenvalue weighted by Crippen LogP contribution is -2.30. The first kappa shape index (κ1) is 15.5. The molecule has 0 fully saturated rings. The third-order valence-electron chi connectivity index (χ3n) is 3.31. The van der Waals surface area contributed by atoms with Gasteiger partial charge >= 0.3 is 5.69 Å². The summed E-state index contributed by atoms with van der Waals surface area (Å²) in [5, 5.41) is 4.64. The number of benzene rings is 2. The molecular weight excluding hydrogens is 337 g/mol. The van der Waals surface area contributed by atoms with Gasteiger partial charge in [0.25, 0.3) is 5.56 Å². The third-order valence-corrected chi connectivity index (χ3v) is 3.98. The summed E-state index contributed by atoms with van der Waals surface area (Å²) in [5.41, 5.74) is 1.01. The van der Waals surface area contributed by atoms with E-state index in [0.717, 1.165) is 22.0 Å². The van der Waals surface area contributed by atoms with Gasteiger partial charge in [-0.15, -0.1) is 0 Å². The predicted octanol–water partition coefficient (Wildman–Crippen LogP) is 2.82. The lowest BCUT2D eigenvalue weighted by Gasteiger charge is -2.11. The van der Waals surface area contributed by atoms with Gasteiger partial charge in [-0.2, -0.15) is 9.78 Å². The largest absolute Gasteiger partial charge is 0.349 e. The number of halogens is 2. The van der Waals surface area contributed by atoms with E-state index in [9.17, 15) is 9.59 Å². The first-order chi connectivity index (χ1) is 11.0. The molecule has 0 radical (unpaired) electrons. The molecule has 0 atom stereocenters. The molecule has 3 aromatic rings. The van der Waals surface area contributed by atoms with E-state index >= 15 is 0 Å². The zero-order valence-electron chi connectivity index (χ0n) is 11.8. The van der Waals surface area contributed by atoms with E-state index in [1.807, 2.05) is 30.3 Å². The average molecular weight is 348 g/mol. The molecule has 0 aliphatic carbocycles. The molecule has 1 heterocycles. The minimum atomic E-state index is -0.652. The van der Waals surface area contributed by atoms with Crippen LogP contribution in [0.3, 0.4) is 0 Å². The van der Waals surface area contributed by atoms with Gasteiger partial charge in [-0.1, -0.05) is 53.5 Å². The second-order valence-electron chi connectivity index (χ2n) is 4.90. The number of hydrogen-bond donors (Lipinski definition) is 1. The van der Waals surface area contributed by atoms with Crippen LogP contribution >= 0.6 is 23.2 Å². The van der Waals surface area contributed by atoms with E-state index in [1.165, 1.54) is 0 Å². The summed E-state index contributed by atoms with van der Waals surface area (Å²) in [6.07, 6.45) is 1.59. The molecule has 23 heavy (non-hydrogen) atoms. The molecule has 3 rings (SSSR count). The van der Waals surface area contributed by atoms with E-state index in [4.69, 9.17) is 23.2 Å². The number of aromatic amines is 1. The summed E-state index contributed by atoms with van der Waals surface area (Å²) in [6.45, 7) is 0. The van der Waals surface area contributed by atoms with Crippen molar-refractivity contribution in [2.75, 3.05) is 0 Å². The molecule has 0 saturated heterocycles. The van der Waals surface area contributed by atoms with Crippen LogP contribution in [0.2, 0.25) is 10.0 Å². The molecular formula is C16H11Cl2N3O2. The van der Waals surface area contributed by atoms with Gasteiger partial charge in [0, 0.05) is 16.5 Å². The summed E-state index contributed by atoms with van der Waals surface area (Å²) in [7, 11) is 0. The van der Waals surface area contributed by atoms with E-state index in [1.54, 1.807) is 12.1 Å². The summed E-state index contributed by atoms with van der Waals surface area (Å²) < 4.78 is 1.03. The Hall–Kier alpha value is -2.37. The maximum Gasteiger partial charge on any atom is 0.349 e. The van der Waals surface area contributed by atoms with E-state index < -0.39 is 11.2 Å². The minimum Gasteiger partial charge on any atom is -0.271 e. The first-order valence-electron chi connectivity index (χ1n) is 6.75. The monoisotopic (exact) mass is 347 g/mol. The summed E-state index contributed by atoms with van der Waals surface area (Å²) in [4.78, 5) is 25.0. The van der Waals surface area contributed by atoms with Crippen LogP contribution in [0, 0.1) is 0 Å². The number of nitrogens with zero attached hydrogens (tertiary/aromatic N) is 2. The molecule has 1 N–H and O–H groups in total. The van der Waals surface area contributed by atoms with Crippen molar-refractivity contribution in [3.63, 3.8) is 0 Å². The topological polar surface area (TPSA) is 67.8 Å². The number of hydrogen-bond acceptors (Lipinski definition) is 3. The molecule has 0 unspecified atom stereocenters. The average Bonchev–Trinajstić information content (AvgIpc) is 2.52. The van der Waals surface area contributed by atoms with Crippen LogP contribution in [0.15, 0.2) is 58.3 Å². The first-order valence-corrected chi connectivity index (χ1v) is 7.51. The Morgan fingerprint density at radius 2 is 1.70 bits per heavy atom. The van der Waals surface area contributed by atoms with E-state index in [2.05, 4.69) is 10.1 Å². The molecule has 116 valence electrons. The van der Waals surface area contributed by atoms with Crippen molar-refractivity contribution in [1.82, 2.24) is 14.8 Å². The number of aromatic nitrogens is 3. The van der Waals surface area contributed by atoms with Crippen LogP contribution in [-0.4, -0.2) is 14.8 Å². The summed E-state index contributed by atoms with van der Waals surface area (Å²) >= 11 is 12.6. The van der Waals surface area contributed by atoms with E-state index in [-0.39, 0.29) is 0 Å². The Labute approximate surface area is 141 Å². The van der Waals surface area contributed by atoms with Crippen molar-refractivity contribution < 1.29 is 0 Å². The molecule has 2 aromatic carbocycles. The van der Waals surface area contributed by atoms with Crippen LogP contribution < -0.4 is 11.2 Å². The Kier molecular flexibility index (Phi) is 4.32. The normalized spacial score (nSPS) is 10.7. The number of rotatable bonds is 3. The Morgan fingerprint density at radius 1 is 1.04 bits per heavy atom. The van der Waals surface area contributed by atoms with Gasteiger partial charge in [-0.3, -0.25) is 9.78 Å². The maximum absolute atomic E-state index is 11.8. The lowest BCUT2D eigenvalue weighted by molar-refractivity contribution is 0.749. The van der Waals surface area contributed by atoms with Gasteiger partial charge < -0.3 is 0 Å². The van der Waals surface area contributed by atoms with Crippen LogP contribution in [-0.2, 0) is 6.42 Å². The highest BCUT2D eigenvalue weighted by Gasteiger charge is 2.12. The lowest BCUT2D eigenvalue weighted by atomic mass is 10.0. The molecule has 0 spiro atoms. The second-order valence-corrected chi connectivity index (χ2v) is 5.72. The fourth-order valence-corrected chi connectivity index (χ4v) is 2.83. The van der Waals surface area contributed by atoms with Gasteiger partial charge in [-0.25, -0.2) is 4.79 Å². The molecule has 0 amide bonds. The summed E-state index contributed by atoms with van der Waals surface area (Å²) in [6, 6.07) is 13.0. The van der Waals surface area contributed by atoms with Crippen molar-refractivity contribution in [3.8, 4) is 5.69 Å². The SMILES string of the molecule is O=c1cnn(-c2cc(Cl)c(Cc3ccccc3)c(Cl)c2)c(=O)[nH]1. The van der Waals surface area contributed by atoms with Crippen LogP contribution in [0.1, 0.15) is 11.1 Å². The van der Waals surface area contributed by atoms with Crippen molar-refractivity contribution in [2.45, 2.75) is 6.42 Å². The molecule has 0 aliphatic heterocycles. The highest BCUT2D eigenvalue weighted by atomic mass is 35.5. The van der Waals surface area contributed by atoms with Gasteiger partial charge in [0.1, 0.15) is 6.20 Å².